The predicted octanol–water partition coefficient (Wildman–Crippen LogP) is 18.5. The molecule has 0 heterocycles. The third-order valence-corrected chi connectivity index (χ3v) is 11.6. The van der Waals surface area contributed by atoms with Crippen LogP contribution in [0.4, 0.5) is 0 Å². The minimum absolute atomic E-state index is 0.110. The van der Waals surface area contributed by atoms with E-state index in [9.17, 15) is 14.4 Å². The molecule has 0 spiro atoms. The summed E-state index contributed by atoms with van der Waals surface area (Å²) in [5.74, 6) is -1.01. The Morgan fingerprint density at radius 2 is 0.597 bits per heavy atom. The second-order valence-electron chi connectivity index (χ2n) is 18.1. The van der Waals surface area contributed by atoms with Crippen molar-refractivity contribution in [3.63, 3.8) is 0 Å². The van der Waals surface area contributed by atoms with E-state index in [1.807, 2.05) is 0 Å². The van der Waals surface area contributed by atoms with Crippen molar-refractivity contribution in [3.8, 4) is 0 Å². The summed E-state index contributed by atoms with van der Waals surface area (Å²) in [7, 11) is 0. The van der Waals surface area contributed by atoms with Crippen LogP contribution in [0.15, 0.2) is 97.2 Å². The maximum Gasteiger partial charge on any atom is 0.306 e. The topological polar surface area (TPSA) is 78.9 Å². The molecule has 0 N–H and O–H groups in total. The molecule has 0 rings (SSSR count). The zero-order chi connectivity index (χ0) is 48.6. The number of rotatable bonds is 49. The molecular weight excluding hydrogens is 829 g/mol. The van der Waals surface area contributed by atoms with Gasteiger partial charge >= 0.3 is 17.9 Å². The standard InChI is InChI=1S/C61H102O6/c1-4-7-10-13-16-19-22-25-28-30-33-35-38-41-44-47-50-53-59(62)65-56-58(67-61(64)55-52-49-46-43-40-37-32-27-24-21-18-15-12-9-6-3)57-66-60(63)54-51-48-45-42-39-36-34-31-29-26-23-20-17-14-11-8-5-2/h9,12,16,18-19,21,25,27-28,32-33,35,40-41,43-44,58H,4-8,10-11,13-15,17,20,22-24,26,29-31,34,36-39,42,45-57H2,1-3H3/b12-9-,19-16-,21-18-,28-25-,32-27-,35-33-,43-40-,44-41-/t58-/m1/s1. The summed E-state index contributed by atoms with van der Waals surface area (Å²) in [5.41, 5.74) is 0. The molecule has 0 bridgehead atoms. The molecular formula is C61H102O6. The molecule has 0 aliphatic rings. The molecule has 0 aromatic carbocycles. The van der Waals surface area contributed by atoms with E-state index >= 15 is 0 Å². The Morgan fingerprint density at radius 3 is 1.00 bits per heavy atom. The largest absolute Gasteiger partial charge is 0.462 e. The number of carbonyl (C=O) groups excluding carboxylic acids is 3. The van der Waals surface area contributed by atoms with Gasteiger partial charge in [-0.2, -0.15) is 0 Å². The van der Waals surface area contributed by atoms with Crippen molar-refractivity contribution in [1.82, 2.24) is 0 Å². The Balaban J connectivity index is 4.51. The first kappa shape index (κ1) is 63.3. The molecule has 0 radical (unpaired) electrons. The second-order valence-corrected chi connectivity index (χ2v) is 18.1. The highest BCUT2D eigenvalue weighted by atomic mass is 16.6. The third kappa shape index (κ3) is 53.2. The molecule has 6 heteroatoms. The molecule has 0 aromatic rings. The van der Waals surface area contributed by atoms with E-state index in [1.54, 1.807) is 0 Å². The van der Waals surface area contributed by atoms with Crippen molar-refractivity contribution in [3.05, 3.63) is 97.2 Å². The summed E-state index contributed by atoms with van der Waals surface area (Å²) in [6, 6.07) is 0. The van der Waals surface area contributed by atoms with Crippen LogP contribution in [0.1, 0.15) is 252 Å². The van der Waals surface area contributed by atoms with Crippen molar-refractivity contribution in [2.45, 2.75) is 258 Å². The summed E-state index contributed by atoms with van der Waals surface area (Å²) < 4.78 is 16.8. The van der Waals surface area contributed by atoms with Gasteiger partial charge in [0.05, 0.1) is 0 Å². The fourth-order valence-corrected chi connectivity index (χ4v) is 7.43. The maximum absolute atomic E-state index is 12.8. The average Bonchev–Trinajstić information content (AvgIpc) is 3.33. The zero-order valence-electron chi connectivity index (χ0n) is 43.6. The summed E-state index contributed by atoms with van der Waals surface area (Å²) in [4.78, 5) is 38.1. The normalized spacial score (nSPS) is 12.8. The van der Waals surface area contributed by atoms with Crippen LogP contribution in [-0.2, 0) is 28.6 Å². The van der Waals surface area contributed by atoms with E-state index in [4.69, 9.17) is 14.2 Å². The molecule has 0 saturated heterocycles. The number of allylic oxidation sites excluding steroid dienone is 16. The highest BCUT2D eigenvalue weighted by Crippen LogP contribution is 2.15. The predicted molar refractivity (Wildman–Crippen MR) is 288 cm³/mol. The number of esters is 3. The molecule has 0 saturated carbocycles. The van der Waals surface area contributed by atoms with Crippen LogP contribution in [0.2, 0.25) is 0 Å². The quantitative estimate of drug-likeness (QED) is 0.0262. The molecule has 0 aliphatic carbocycles. The number of unbranched alkanes of at least 4 members (excludes halogenated alkanes) is 22. The fraction of sp³-hybridized carbons (Fsp3) is 0.689. The van der Waals surface area contributed by atoms with Crippen molar-refractivity contribution in [2.75, 3.05) is 13.2 Å². The average molecular weight is 931 g/mol. The summed E-state index contributed by atoms with van der Waals surface area (Å²) in [6.07, 6.45) is 72.6. The van der Waals surface area contributed by atoms with Gasteiger partial charge < -0.3 is 14.2 Å². The van der Waals surface area contributed by atoms with Crippen LogP contribution >= 0.6 is 0 Å². The van der Waals surface area contributed by atoms with Gasteiger partial charge in [-0.15, -0.1) is 0 Å². The fourth-order valence-electron chi connectivity index (χ4n) is 7.43. The van der Waals surface area contributed by atoms with Crippen LogP contribution < -0.4 is 0 Å². The Labute approximate surface area is 413 Å². The van der Waals surface area contributed by atoms with E-state index in [1.165, 1.54) is 116 Å². The lowest BCUT2D eigenvalue weighted by Crippen LogP contribution is -2.30. The first-order valence-electron chi connectivity index (χ1n) is 27.7. The number of hydrogen-bond donors (Lipinski definition) is 0. The van der Waals surface area contributed by atoms with Crippen LogP contribution in [0.5, 0.6) is 0 Å². The first-order chi connectivity index (χ1) is 33.0. The van der Waals surface area contributed by atoms with Gasteiger partial charge in [-0.1, -0.05) is 234 Å². The van der Waals surface area contributed by atoms with Crippen molar-refractivity contribution in [1.29, 1.82) is 0 Å². The van der Waals surface area contributed by atoms with Crippen molar-refractivity contribution < 1.29 is 28.6 Å². The van der Waals surface area contributed by atoms with E-state index in [2.05, 4.69) is 118 Å². The molecule has 382 valence electrons. The van der Waals surface area contributed by atoms with Gasteiger partial charge in [0.15, 0.2) is 6.10 Å². The van der Waals surface area contributed by atoms with E-state index < -0.39 is 6.10 Å². The second kappa shape index (κ2) is 54.9. The smallest absolute Gasteiger partial charge is 0.306 e. The first-order valence-corrected chi connectivity index (χ1v) is 27.7. The van der Waals surface area contributed by atoms with Crippen LogP contribution in [0, 0.1) is 0 Å². The molecule has 0 amide bonds. The van der Waals surface area contributed by atoms with Crippen molar-refractivity contribution >= 4 is 17.9 Å². The SMILES string of the molecule is CC/C=C\C/C=C\C/C=C\C/C=C\CCCCC(=O)O[C@H](COC(=O)CCC/C=C\C/C=C\C/C=C\C/C=C\CCCCC)COC(=O)CCCCCCCCCCCCCCCCCCC. The molecule has 0 fully saturated rings. The highest BCUT2D eigenvalue weighted by Gasteiger charge is 2.19. The highest BCUT2D eigenvalue weighted by molar-refractivity contribution is 5.71. The van der Waals surface area contributed by atoms with E-state index in [0.29, 0.717) is 19.3 Å². The Morgan fingerprint density at radius 1 is 0.313 bits per heavy atom. The molecule has 0 aliphatic heterocycles. The monoisotopic (exact) mass is 931 g/mol. The van der Waals surface area contributed by atoms with Gasteiger partial charge in [0.2, 0.25) is 0 Å². The minimum atomic E-state index is -0.821. The van der Waals surface area contributed by atoms with Gasteiger partial charge in [-0.05, 0) is 96.3 Å². The maximum atomic E-state index is 12.8. The Kier molecular flexibility index (Phi) is 51.9. The van der Waals surface area contributed by atoms with Crippen LogP contribution in [0.25, 0.3) is 0 Å². The Hall–Kier alpha value is -3.67. The number of carbonyl (C=O) groups is 3. The molecule has 1 atom stereocenters. The Bertz CT molecular complexity index is 1350. The van der Waals surface area contributed by atoms with Crippen LogP contribution in [-0.4, -0.2) is 37.2 Å². The van der Waals surface area contributed by atoms with Gasteiger partial charge in [0, 0.05) is 19.3 Å². The lowest BCUT2D eigenvalue weighted by atomic mass is 10.0. The molecule has 0 unspecified atom stereocenters. The van der Waals surface area contributed by atoms with Gasteiger partial charge in [0.1, 0.15) is 13.2 Å². The van der Waals surface area contributed by atoms with E-state index in [0.717, 1.165) is 83.5 Å². The van der Waals surface area contributed by atoms with Gasteiger partial charge in [-0.3, -0.25) is 14.4 Å². The summed E-state index contributed by atoms with van der Waals surface area (Å²) in [5, 5.41) is 0. The lowest BCUT2D eigenvalue weighted by Gasteiger charge is -2.18. The zero-order valence-corrected chi connectivity index (χ0v) is 43.6. The molecule has 67 heavy (non-hydrogen) atoms. The third-order valence-electron chi connectivity index (χ3n) is 11.6. The minimum Gasteiger partial charge on any atom is -0.462 e. The summed E-state index contributed by atoms with van der Waals surface area (Å²) >= 11 is 0. The number of ether oxygens (including phenoxy) is 3. The van der Waals surface area contributed by atoms with Crippen LogP contribution in [0.3, 0.4) is 0 Å². The molecule has 0 aromatic heterocycles. The summed E-state index contributed by atoms with van der Waals surface area (Å²) in [6.45, 7) is 6.42. The molecule has 6 nitrogen and oxygen atoms in total. The lowest BCUT2D eigenvalue weighted by molar-refractivity contribution is -0.167. The van der Waals surface area contributed by atoms with E-state index in [-0.39, 0.29) is 44.0 Å². The van der Waals surface area contributed by atoms with Gasteiger partial charge in [0.25, 0.3) is 0 Å². The number of hydrogen-bond acceptors (Lipinski definition) is 6. The van der Waals surface area contributed by atoms with Gasteiger partial charge in [-0.25, -0.2) is 0 Å². The van der Waals surface area contributed by atoms with Crippen molar-refractivity contribution in [2.24, 2.45) is 0 Å².